The Kier molecular flexibility index (Phi) is 6.87. The van der Waals surface area contributed by atoms with Crippen LogP contribution in [-0.2, 0) is 20.8 Å². The Morgan fingerprint density at radius 2 is 1.81 bits per heavy atom. The van der Waals surface area contributed by atoms with E-state index in [0.29, 0.717) is 31.5 Å². The molecule has 0 bridgehead atoms. The SMILES string of the molecule is N#Cc1ccc(N2C[C@H](CN3CCC(OC(=O)OCc4ccccc4)CC3)OC2=O)cc1. The summed E-state index contributed by atoms with van der Waals surface area (Å²) < 4.78 is 16.2. The highest BCUT2D eigenvalue weighted by Crippen LogP contribution is 2.23. The third-order valence-electron chi connectivity index (χ3n) is 5.64. The van der Waals surface area contributed by atoms with E-state index in [4.69, 9.17) is 19.5 Å². The predicted molar refractivity (Wildman–Crippen MR) is 116 cm³/mol. The second-order valence-electron chi connectivity index (χ2n) is 7.92. The molecule has 2 fully saturated rings. The Balaban J connectivity index is 1.18. The molecule has 0 saturated carbocycles. The molecule has 0 aliphatic carbocycles. The summed E-state index contributed by atoms with van der Waals surface area (Å²) in [5.74, 6) is 0. The van der Waals surface area contributed by atoms with E-state index >= 15 is 0 Å². The van der Waals surface area contributed by atoms with Crippen molar-refractivity contribution in [2.45, 2.75) is 31.7 Å². The van der Waals surface area contributed by atoms with Crippen LogP contribution in [0, 0.1) is 11.3 Å². The minimum absolute atomic E-state index is 0.171. The van der Waals surface area contributed by atoms with Crippen molar-refractivity contribution >= 4 is 17.9 Å². The van der Waals surface area contributed by atoms with Gasteiger partial charge in [0.1, 0.15) is 18.8 Å². The molecule has 8 heteroatoms. The van der Waals surface area contributed by atoms with Gasteiger partial charge in [-0.2, -0.15) is 5.26 Å². The summed E-state index contributed by atoms with van der Waals surface area (Å²) in [6.45, 7) is 2.79. The van der Waals surface area contributed by atoms with Crippen LogP contribution in [0.2, 0.25) is 0 Å². The number of anilines is 1. The van der Waals surface area contributed by atoms with Crippen LogP contribution in [0.3, 0.4) is 0 Å². The van der Waals surface area contributed by atoms with Gasteiger partial charge in [-0.05, 0) is 42.7 Å². The minimum Gasteiger partial charge on any atom is -0.443 e. The van der Waals surface area contributed by atoms with Gasteiger partial charge in [0.15, 0.2) is 0 Å². The summed E-state index contributed by atoms with van der Waals surface area (Å²) in [6.07, 6.45) is -0.00244. The van der Waals surface area contributed by atoms with Crippen LogP contribution in [-0.4, -0.2) is 55.5 Å². The van der Waals surface area contributed by atoms with Gasteiger partial charge in [0.05, 0.1) is 18.2 Å². The summed E-state index contributed by atoms with van der Waals surface area (Å²) in [7, 11) is 0. The first-order valence-corrected chi connectivity index (χ1v) is 10.7. The van der Waals surface area contributed by atoms with E-state index in [0.717, 1.165) is 24.3 Å². The Hall–Kier alpha value is -3.57. The molecule has 32 heavy (non-hydrogen) atoms. The summed E-state index contributed by atoms with van der Waals surface area (Å²) in [5.41, 5.74) is 2.19. The number of piperidine rings is 1. The van der Waals surface area contributed by atoms with Crippen LogP contribution < -0.4 is 4.90 Å². The normalized spacial score (nSPS) is 19.3. The number of likely N-dealkylation sites (tertiary alicyclic amines) is 1. The molecule has 0 aromatic heterocycles. The summed E-state index contributed by atoms with van der Waals surface area (Å²) in [5, 5.41) is 8.92. The van der Waals surface area contributed by atoms with Gasteiger partial charge in [0, 0.05) is 25.3 Å². The Labute approximate surface area is 186 Å². The minimum atomic E-state index is -0.643. The van der Waals surface area contributed by atoms with Gasteiger partial charge in [0.25, 0.3) is 0 Å². The average molecular weight is 435 g/mol. The molecule has 8 nitrogen and oxygen atoms in total. The van der Waals surface area contributed by atoms with E-state index in [1.807, 2.05) is 30.3 Å². The fourth-order valence-corrected chi connectivity index (χ4v) is 3.93. The van der Waals surface area contributed by atoms with Gasteiger partial charge in [0.2, 0.25) is 0 Å². The number of benzene rings is 2. The summed E-state index contributed by atoms with van der Waals surface area (Å²) >= 11 is 0. The number of hydrogen-bond donors (Lipinski definition) is 0. The van der Waals surface area contributed by atoms with E-state index in [9.17, 15) is 9.59 Å². The van der Waals surface area contributed by atoms with E-state index in [1.165, 1.54) is 0 Å². The number of carbonyl (C=O) groups excluding carboxylic acids is 2. The van der Waals surface area contributed by atoms with Crippen molar-refractivity contribution in [2.24, 2.45) is 0 Å². The number of hydrogen-bond acceptors (Lipinski definition) is 7. The highest BCUT2D eigenvalue weighted by molar-refractivity contribution is 5.89. The zero-order valence-electron chi connectivity index (χ0n) is 17.7. The fraction of sp³-hybridized carbons (Fsp3) is 0.375. The van der Waals surface area contributed by atoms with E-state index < -0.39 is 6.16 Å². The maximum absolute atomic E-state index is 12.3. The first kappa shape index (κ1) is 21.7. The Morgan fingerprint density at radius 1 is 1.09 bits per heavy atom. The molecule has 2 aromatic rings. The number of ether oxygens (including phenoxy) is 3. The van der Waals surface area contributed by atoms with Crippen molar-refractivity contribution in [1.82, 2.24) is 4.90 Å². The second kappa shape index (κ2) is 10.2. The lowest BCUT2D eigenvalue weighted by atomic mass is 10.1. The Bertz CT molecular complexity index is 965. The van der Waals surface area contributed by atoms with Crippen LogP contribution >= 0.6 is 0 Å². The molecule has 166 valence electrons. The lowest BCUT2D eigenvalue weighted by molar-refractivity contribution is -0.00783. The molecule has 2 aliphatic heterocycles. The number of nitriles is 1. The number of rotatable bonds is 6. The van der Waals surface area contributed by atoms with Gasteiger partial charge >= 0.3 is 12.2 Å². The molecule has 0 N–H and O–H groups in total. The zero-order valence-corrected chi connectivity index (χ0v) is 17.7. The average Bonchev–Trinajstić information content (AvgIpc) is 3.19. The summed E-state index contributed by atoms with van der Waals surface area (Å²) in [6, 6.07) is 18.4. The van der Waals surface area contributed by atoms with Crippen molar-refractivity contribution < 1.29 is 23.8 Å². The van der Waals surface area contributed by atoms with E-state index in [2.05, 4.69) is 11.0 Å². The van der Waals surface area contributed by atoms with Gasteiger partial charge in [-0.25, -0.2) is 9.59 Å². The maximum atomic E-state index is 12.3. The monoisotopic (exact) mass is 435 g/mol. The largest absolute Gasteiger partial charge is 0.508 e. The van der Waals surface area contributed by atoms with Crippen LogP contribution in [0.5, 0.6) is 0 Å². The molecule has 0 radical (unpaired) electrons. The van der Waals surface area contributed by atoms with Crippen molar-refractivity contribution in [3.8, 4) is 6.07 Å². The lowest BCUT2D eigenvalue weighted by Crippen LogP contribution is -2.42. The molecule has 0 unspecified atom stereocenters. The van der Waals surface area contributed by atoms with Gasteiger partial charge in [-0.3, -0.25) is 9.80 Å². The summed E-state index contributed by atoms with van der Waals surface area (Å²) in [4.78, 5) is 28.0. The number of carbonyl (C=O) groups is 2. The van der Waals surface area contributed by atoms with Crippen LogP contribution in [0.25, 0.3) is 0 Å². The molecule has 2 saturated heterocycles. The fourth-order valence-electron chi connectivity index (χ4n) is 3.93. The zero-order chi connectivity index (χ0) is 22.3. The standard InChI is InChI=1S/C24H25N3O5/c25-14-18-6-8-20(9-7-18)27-16-22(31-23(27)28)15-26-12-10-21(11-13-26)32-24(29)30-17-19-4-2-1-3-5-19/h1-9,21-22H,10-13,15-17H2/t22-/m0/s1. The predicted octanol–water partition coefficient (Wildman–Crippen LogP) is 3.70. The Morgan fingerprint density at radius 3 is 2.50 bits per heavy atom. The molecular weight excluding hydrogens is 410 g/mol. The van der Waals surface area contributed by atoms with Crippen LogP contribution in [0.4, 0.5) is 15.3 Å². The number of nitrogens with zero attached hydrogens (tertiary/aromatic N) is 3. The quantitative estimate of drug-likeness (QED) is 0.639. The lowest BCUT2D eigenvalue weighted by Gasteiger charge is -2.32. The molecule has 1 atom stereocenters. The molecule has 2 heterocycles. The topological polar surface area (TPSA) is 92.1 Å². The van der Waals surface area contributed by atoms with Crippen molar-refractivity contribution in [1.29, 1.82) is 5.26 Å². The molecule has 4 rings (SSSR count). The molecular formula is C24H25N3O5. The third-order valence-corrected chi connectivity index (χ3v) is 5.64. The first-order valence-electron chi connectivity index (χ1n) is 10.7. The first-order chi connectivity index (χ1) is 15.6. The van der Waals surface area contributed by atoms with Crippen molar-refractivity contribution in [3.05, 3.63) is 65.7 Å². The maximum Gasteiger partial charge on any atom is 0.508 e. The third kappa shape index (κ3) is 5.56. The van der Waals surface area contributed by atoms with E-state index in [-0.39, 0.29) is 24.9 Å². The van der Waals surface area contributed by atoms with Gasteiger partial charge < -0.3 is 14.2 Å². The van der Waals surface area contributed by atoms with Gasteiger partial charge in [-0.15, -0.1) is 0 Å². The molecule has 0 spiro atoms. The molecule has 1 amide bonds. The van der Waals surface area contributed by atoms with E-state index in [1.54, 1.807) is 29.2 Å². The highest BCUT2D eigenvalue weighted by Gasteiger charge is 2.34. The number of cyclic esters (lactones) is 1. The van der Waals surface area contributed by atoms with Crippen molar-refractivity contribution in [3.63, 3.8) is 0 Å². The number of amides is 1. The van der Waals surface area contributed by atoms with Crippen molar-refractivity contribution in [2.75, 3.05) is 31.1 Å². The smallest absolute Gasteiger partial charge is 0.443 e. The highest BCUT2D eigenvalue weighted by atomic mass is 16.7. The second-order valence-corrected chi connectivity index (χ2v) is 7.92. The van der Waals surface area contributed by atoms with Crippen LogP contribution in [0.1, 0.15) is 24.0 Å². The molecule has 2 aromatic carbocycles. The molecule has 2 aliphatic rings. The van der Waals surface area contributed by atoms with Gasteiger partial charge in [-0.1, -0.05) is 30.3 Å². The van der Waals surface area contributed by atoms with Crippen LogP contribution in [0.15, 0.2) is 54.6 Å².